The van der Waals surface area contributed by atoms with E-state index < -0.39 is 0 Å². The van der Waals surface area contributed by atoms with Crippen molar-refractivity contribution in [1.82, 2.24) is 10.2 Å². The van der Waals surface area contributed by atoms with Gasteiger partial charge in [0, 0.05) is 6.54 Å². The molecule has 0 atom stereocenters. The lowest BCUT2D eigenvalue weighted by atomic mass is 10.3. The SMILES string of the molecule is O=C1CNCCCN1Cc1ccco1. The minimum Gasteiger partial charge on any atom is -0.467 e. The largest absolute Gasteiger partial charge is 0.467 e. The molecule has 1 fully saturated rings. The van der Waals surface area contributed by atoms with Gasteiger partial charge in [0.15, 0.2) is 0 Å². The average molecular weight is 194 g/mol. The van der Waals surface area contributed by atoms with E-state index in [1.54, 1.807) is 6.26 Å². The van der Waals surface area contributed by atoms with Crippen LogP contribution in [-0.2, 0) is 11.3 Å². The molecular weight excluding hydrogens is 180 g/mol. The molecular formula is C10H14N2O2. The van der Waals surface area contributed by atoms with E-state index >= 15 is 0 Å². The quantitative estimate of drug-likeness (QED) is 0.750. The van der Waals surface area contributed by atoms with Crippen LogP contribution in [0.5, 0.6) is 0 Å². The van der Waals surface area contributed by atoms with E-state index in [2.05, 4.69) is 5.32 Å². The van der Waals surface area contributed by atoms with Crippen LogP contribution in [-0.4, -0.2) is 30.4 Å². The maximum Gasteiger partial charge on any atom is 0.236 e. The minimum absolute atomic E-state index is 0.152. The van der Waals surface area contributed by atoms with Crippen LogP contribution in [0.2, 0.25) is 0 Å². The molecule has 0 radical (unpaired) electrons. The van der Waals surface area contributed by atoms with E-state index in [1.165, 1.54) is 0 Å². The highest BCUT2D eigenvalue weighted by Crippen LogP contribution is 2.07. The van der Waals surface area contributed by atoms with Gasteiger partial charge in [-0.2, -0.15) is 0 Å². The summed E-state index contributed by atoms with van der Waals surface area (Å²) in [6.07, 6.45) is 2.64. The van der Waals surface area contributed by atoms with Crippen LogP contribution in [0, 0.1) is 0 Å². The number of nitrogens with zero attached hydrogens (tertiary/aromatic N) is 1. The lowest BCUT2D eigenvalue weighted by Gasteiger charge is -2.18. The van der Waals surface area contributed by atoms with Gasteiger partial charge >= 0.3 is 0 Å². The van der Waals surface area contributed by atoms with Crippen molar-refractivity contribution in [2.45, 2.75) is 13.0 Å². The van der Waals surface area contributed by atoms with Crippen LogP contribution >= 0.6 is 0 Å². The molecule has 1 aliphatic heterocycles. The van der Waals surface area contributed by atoms with Crippen molar-refractivity contribution in [2.75, 3.05) is 19.6 Å². The first-order valence-corrected chi connectivity index (χ1v) is 4.87. The number of nitrogens with one attached hydrogen (secondary N) is 1. The average Bonchev–Trinajstić information content (AvgIpc) is 2.60. The molecule has 2 rings (SSSR count). The third-order valence-electron chi connectivity index (χ3n) is 2.34. The molecule has 0 unspecified atom stereocenters. The summed E-state index contributed by atoms with van der Waals surface area (Å²) in [5, 5.41) is 3.08. The van der Waals surface area contributed by atoms with Crippen LogP contribution in [0.3, 0.4) is 0 Å². The van der Waals surface area contributed by atoms with Crippen molar-refractivity contribution >= 4 is 5.91 Å². The van der Waals surface area contributed by atoms with E-state index in [-0.39, 0.29) is 5.91 Å². The van der Waals surface area contributed by atoms with Crippen LogP contribution in [0.4, 0.5) is 0 Å². The monoisotopic (exact) mass is 194 g/mol. The van der Waals surface area contributed by atoms with Gasteiger partial charge in [0.25, 0.3) is 0 Å². The molecule has 0 bridgehead atoms. The fourth-order valence-electron chi connectivity index (χ4n) is 1.58. The Morgan fingerprint density at radius 3 is 3.29 bits per heavy atom. The molecule has 2 heterocycles. The molecule has 76 valence electrons. The molecule has 0 saturated carbocycles. The number of carbonyl (C=O) groups excluding carboxylic acids is 1. The number of furan rings is 1. The summed E-state index contributed by atoms with van der Waals surface area (Å²) in [6.45, 7) is 2.77. The van der Waals surface area contributed by atoms with Crippen molar-refractivity contribution in [3.05, 3.63) is 24.2 Å². The highest BCUT2D eigenvalue weighted by Gasteiger charge is 2.16. The Bertz CT molecular complexity index is 295. The lowest BCUT2D eigenvalue weighted by molar-refractivity contribution is -0.130. The van der Waals surface area contributed by atoms with Crippen LogP contribution in [0.25, 0.3) is 0 Å². The van der Waals surface area contributed by atoms with Crippen molar-refractivity contribution in [2.24, 2.45) is 0 Å². The molecule has 0 aromatic carbocycles. The minimum atomic E-state index is 0.152. The summed E-state index contributed by atoms with van der Waals surface area (Å²) >= 11 is 0. The van der Waals surface area contributed by atoms with Crippen LogP contribution < -0.4 is 5.32 Å². The summed E-state index contributed by atoms with van der Waals surface area (Å²) in [5.41, 5.74) is 0. The normalized spacial score (nSPS) is 18.3. The molecule has 0 aliphatic carbocycles. The van der Waals surface area contributed by atoms with Crippen LogP contribution in [0.15, 0.2) is 22.8 Å². The summed E-state index contributed by atoms with van der Waals surface area (Å²) < 4.78 is 5.21. The van der Waals surface area contributed by atoms with Crippen molar-refractivity contribution in [1.29, 1.82) is 0 Å². The molecule has 1 aromatic rings. The van der Waals surface area contributed by atoms with Crippen molar-refractivity contribution < 1.29 is 9.21 Å². The van der Waals surface area contributed by atoms with Crippen molar-refractivity contribution in [3.63, 3.8) is 0 Å². The third kappa shape index (κ3) is 2.14. The summed E-state index contributed by atoms with van der Waals surface area (Å²) in [6, 6.07) is 3.74. The van der Waals surface area contributed by atoms with Gasteiger partial charge in [0.1, 0.15) is 5.76 Å². The molecule has 4 nitrogen and oxygen atoms in total. The van der Waals surface area contributed by atoms with Gasteiger partial charge in [-0.3, -0.25) is 4.79 Å². The molecule has 14 heavy (non-hydrogen) atoms. The second-order valence-corrected chi connectivity index (χ2v) is 3.42. The Balaban J connectivity index is 1.98. The first kappa shape index (κ1) is 9.27. The molecule has 1 saturated heterocycles. The molecule has 1 aliphatic rings. The standard InChI is InChI=1S/C10H14N2O2/c13-10-7-11-4-2-5-12(10)8-9-3-1-6-14-9/h1,3,6,11H,2,4-5,7-8H2. The predicted molar refractivity (Wildman–Crippen MR) is 51.6 cm³/mol. The Morgan fingerprint density at radius 2 is 2.50 bits per heavy atom. The second-order valence-electron chi connectivity index (χ2n) is 3.42. The van der Waals surface area contributed by atoms with Gasteiger partial charge in [-0.15, -0.1) is 0 Å². The smallest absolute Gasteiger partial charge is 0.236 e. The molecule has 1 N–H and O–H groups in total. The number of rotatable bonds is 2. The van der Waals surface area contributed by atoms with Gasteiger partial charge in [-0.25, -0.2) is 0 Å². The zero-order valence-electron chi connectivity index (χ0n) is 8.03. The molecule has 1 amide bonds. The third-order valence-corrected chi connectivity index (χ3v) is 2.34. The van der Waals surface area contributed by atoms with E-state index in [4.69, 9.17) is 4.42 Å². The van der Waals surface area contributed by atoms with Gasteiger partial charge < -0.3 is 14.6 Å². The number of hydrogen-bond donors (Lipinski definition) is 1. The van der Waals surface area contributed by atoms with Gasteiger partial charge in [-0.1, -0.05) is 0 Å². The van der Waals surface area contributed by atoms with E-state index in [0.717, 1.165) is 25.3 Å². The van der Waals surface area contributed by atoms with Gasteiger partial charge in [-0.05, 0) is 25.1 Å². The predicted octanol–water partition coefficient (Wildman–Crippen LogP) is 0.601. The van der Waals surface area contributed by atoms with Gasteiger partial charge in [0.2, 0.25) is 5.91 Å². The second kappa shape index (κ2) is 4.28. The highest BCUT2D eigenvalue weighted by molar-refractivity contribution is 5.78. The van der Waals surface area contributed by atoms with E-state index in [1.807, 2.05) is 17.0 Å². The number of hydrogen-bond acceptors (Lipinski definition) is 3. The fraction of sp³-hybridized carbons (Fsp3) is 0.500. The van der Waals surface area contributed by atoms with E-state index in [9.17, 15) is 4.79 Å². The van der Waals surface area contributed by atoms with Crippen molar-refractivity contribution in [3.8, 4) is 0 Å². The maximum atomic E-state index is 11.6. The lowest BCUT2D eigenvalue weighted by Crippen LogP contribution is -2.34. The first-order valence-electron chi connectivity index (χ1n) is 4.87. The zero-order valence-corrected chi connectivity index (χ0v) is 8.03. The van der Waals surface area contributed by atoms with Crippen LogP contribution in [0.1, 0.15) is 12.2 Å². The van der Waals surface area contributed by atoms with Gasteiger partial charge in [0.05, 0.1) is 19.4 Å². The Morgan fingerprint density at radius 1 is 1.57 bits per heavy atom. The zero-order chi connectivity index (χ0) is 9.80. The Hall–Kier alpha value is -1.29. The topological polar surface area (TPSA) is 45.5 Å². The summed E-state index contributed by atoms with van der Waals surface area (Å²) in [7, 11) is 0. The maximum absolute atomic E-state index is 11.6. The Labute approximate surface area is 82.9 Å². The molecule has 4 heteroatoms. The fourth-order valence-corrected chi connectivity index (χ4v) is 1.58. The Kier molecular flexibility index (Phi) is 2.84. The molecule has 1 aromatic heterocycles. The summed E-state index contributed by atoms with van der Waals surface area (Å²) in [4.78, 5) is 13.4. The first-order chi connectivity index (χ1) is 6.86. The van der Waals surface area contributed by atoms with E-state index in [0.29, 0.717) is 13.1 Å². The number of carbonyl (C=O) groups is 1. The highest BCUT2D eigenvalue weighted by atomic mass is 16.3. The molecule has 0 spiro atoms. The summed E-state index contributed by atoms with van der Waals surface area (Å²) in [5.74, 6) is 0.999. The number of amides is 1.